The van der Waals surface area contributed by atoms with Gasteiger partial charge in [-0.2, -0.15) is 11.8 Å². The van der Waals surface area contributed by atoms with Crippen LogP contribution in [0.15, 0.2) is 0 Å². The van der Waals surface area contributed by atoms with E-state index in [1.807, 2.05) is 11.8 Å². The Kier molecular flexibility index (Phi) is 8.36. The molecular weight excluding hydrogens is 240 g/mol. The molecule has 0 spiro atoms. The molecule has 1 rings (SSSR count). The highest BCUT2D eigenvalue weighted by Gasteiger charge is 2.25. The third-order valence-electron chi connectivity index (χ3n) is 4.31. The van der Waals surface area contributed by atoms with Crippen LogP contribution in [0.4, 0.5) is 0 Å². The number of nitrogens with zero attached hydrogens (tertiary/aromatic N) is 1. The van der Waals surface area contributed by atoms with Gasteiger partial charge in [0.25, 0.3) is 0 Å². The van der Waals surface area contributed by atoms with E-state index < -0.39 is 0 Å². The molecule has 0 saturated heterocycles. The number of hydrogen-bond donors (Lipinski definition) is 1. The maximum Gasteiger partial charge on any atom is 0.0155 e. The molecule has 0 radical (unpaired) electrons. The molecule has 0 heterocycles. The number of rotatable bonds is 7. The Morgan fingerprint density at radius 2 is 2.00 bits per heavy atom. The average Bonchev–Trinajstić information content (AvgIpc) is 2.56. The zero-order valence-corrected chi connectivity index (χ0v) is 13.6. The summed E-state index contributed by atoms with van der Waals surface area (Å²) in [5.41, 5.74) is 0. The standard InChI is InChI=1S/C15H32N2S/c1-5-16-15-10-8-6-7-9-14(15)11-17(3)13(2)12-18-4/h13-16H,5-12H2,1-4H3. The van der Waals surface area contributed by atoms with Gasteiger partial charge in [0.05, 0.1) is 0 Å². The van der Waals surface area contributed by atoms with E-state index in [2.05, 4.69) is 37.4 Å². The highest BCUT2D eigenvalue weighted by molar-refractivity contribution is 7.98. The molecule has 0 amide bonds. The first-order valence-electron chi connectivity index (χ1n) is 7.61. The highest BCUT2D eigenvalue weighted by Crippen LogP contribution is 2.24. The van der Waals surface area contributed by atoms with Crippen molar-refractivity contribution in [2.24, 2.45) is 5.92 Å². The van der Waals surface area contributed by atoms with Gasteiger partial charge in [-0.05, 0) is 45.5 Å². The second-order valence-electron chi connectivity index (χ2n) is 5.81. The van der Waals surface area contributed by atoms with Crippen LogP contribution in [0.2, 0.25) is 0 Å². The Morgan fingerprint density at radius 3 is 2.67 bits per heavy atom. The van der Waals surface area contributed by atoms with Crippen LogP contribution in [0.3, 0.4) is 0 Å². The molecule has 0 aromatic heterocycles. The van der Waals surface area contributed by atoms with Crippen molar-refractivity contribution in [3.8, 4) is 0 Å². The van der Waals surface area contributed by atoms with Crippen molar-refractivity contribution < 1.29 is 0 Å². The van der Waals surface area contributed by atoms with Gasteiger partial charge >= 0.3 is 0 Å². The molecule has 1 aliphatic rings. The van der Waals surface area contributed by atoms with Crippen LogP contribution in [0, 0.1) is 5.92 Å². The quantitative estimate of drug-likeness (QED) is 0.716. The summed E-state index contributed by atoms with van der Waals surface area (Å²) in [4.78, 5) is 2.57. The van der Waals surface area contributed by atoms with Gasteiger partial charge in [0.15, 0.2) is 0 Å². The van der Waals surface area contributed by atoms with Crippen molar-refractivity contribution in [3.63, 3.8) is 0 Å². The lowest BCUT2D eigenvalue weighted by Crippen LogP contribution is -2.43. The van der Waals surface area contributed by atoms with Crippen molar-refractivity contribution in [2.45, 2.75) is 58.0 Å². The van der Waals surface area contributed by atoms with E-state index >= 15 is 0 Å². The molecule has 1 fully saturated rings. The van der Waals surface area contributed by atoms with Crippen LogP contribution in [0.1, 0.15) is 46.0 Å². The fourth-order valence-electron chi connectivity index (χ4n) is 3.05. The van der Waals surface area contributed by atoms with Crippen LogP contribution in [-0.2, 0) is 0 Å². The monoisotopic (exact) mass is 272 g/mol. The van der Waals surface area contributed by atoms with Crippen LogP contribution >= 0.6 is 11.8 Å². The molecule has 1 aliphatic carbocycles. The molecule has 0 bridgehead atoms. The minimum absolute atomic E-state index is 0.700. The maximum atomic E-state index is 3.72. The largest absolute Gasteiger partial charge is 0.314 e. The SMILES string of the molecule is CCNC1CCCCCC1CN(C)C(C)CSC. The topological polar surface area (TPSA) is 15.3 Å². The van der Waals surface area contributed by atoms with Crippen molar-refractivity contribution >= 4 is 11.8 Å². The van der Waals surface area contributed by atoms with Gasteiger partial charge in [0, 0.05) is 24.4 Å². The summed E-state index contributed by atoms with van der Waals surface area (Å²) < 4.78 is 0. The van der Waals surface area contributed by atoms with Crippen LogP contribution < -0.4 is 5.32 Å². The molecule has 0 aromatic carbocycles. The van der Waals surface area contributed by atoms with Gasteiger partial charge < -0.3 is 10.2 Å². The Morgan fingerprint density at radius 1 is 1.28 bits per heavy atom. The minimum atomic E-state index is 0.700. The van der Waals surface area contributed by atoms with Crippen molar-refractivity contribution in [3.05, 3.63) is 0 Å². The van der Waals surface area contributed by atoms with Gasteiger partial charge in [0.2, 0.25) is 0 Å². The molecule has 108 valence electrons. The first kappa shape index (κ1) is 16.3. The third-order valence-corrected chi connectivity index (χ3v) is 5.12. The van der Waals surface area contributed by atoms with Gasteiger partial charge in [0.1, 0.15) is 0 Å². The Hall–Kier alpha value is 0.270. The molecule has 3 heteroatoms. The van der Waals surface area contributed by atoms with Gasteiger partial charge in [-0.25, -0.2) is 0 Å². The lowest BCUT2D eigenvalue weighted by molar-refractivity contribution is 0.196. The smallest absolute Gasteiger partial charge is 0.0155 e. The molecule has 2 nitrogen and oxygen atoms in total. The second kappa shape index (κ2) is 9.22. The summed E-state index contributed by atoms with van der Waals surface area (Å²) in [5.74, 6) is 2.09. The number of thioether (sulfide) groups is 1. The van der Waals surface area contributed by atoms with Crippen LogP contribution in [0.5, 0.6) is 0 Å². The predicted molar refractivity (Wildman–Crippen MR) is 84.5 cm³/mol. The molecule has 0 aromatic rings. The average molecular weight is 273 g/mol. The van der Waals surface area contributed by atoms with E-state index in [0.717, 1.165) is 18.5 Å². The Balaban J connectivity index is 2.48. The minimum Gasteiger partial charge on any atom is -0.314 e. The van der Waals surface area contributed by atoms with E-state index in [1.54, 1.807) is 0 Å². The fourth-order valence-corrected chi connectivity index (χ4v) is 3.79. The highest BCUT2D eigenvalue weighted by atomic mass is 32.2. The van der Waals surface area contributed by atoms with Crippen molar-refractivity contribution in [2.75, 3.05) is 32.1 Å². The van der Waals surface area contributed by atoms with Crippen LogP contribution in [0.25, 0.3) is 0 Å². The van der Waals surface area contributed by atoms with Crippen molar-refractivity contribution in [1.82, 2.24) is 10.2 Å². The molecule has 3 unspecified atom stereocenters. The third kappa shape index (κ3) is 5.50. The van der Waals surface area contributed by atoms with E-state index in [4.69, 9.17) is 0 Å². The lowest BCUT2D eigenvalue weighted by atomic mass is 9.93. The molecule has 0 aliphatic heterocycles. The first-order valence-corrected chi connectivity index (χ1v) is 9.01. The van der Waals surface area contributed by atoms with Gasteiger partial charge in [-0.15, -0.1) is 0 Å². The molecule has 3 atom stereocenters. The van der Waals surface area contributed by atoms with E-state index in [9.17, 15) is 0 Å². The molecule has 18 heavy (non-hydrogen) atoms. The number of nitrogens with one attached hydrogen (secondary N) is 1. The van der Waals surface area contributed by atoms with Gasteiger partial charge in [-0.3, -0.25) is 0 Å². The lowest BCUT2D eigenvalue weighted by Gasteiger charge is -2.33. The summed E-state index contributed by atoms with van der Waals surface area (Å²) in [6.07, 6.45) is 9.27. The molecule has 1 saturated carbocycles. The zero-order valence-electron chi connectivity index (χ0n) is 12.7. The normalized spacial score (nSPS) is 27.2. The molecular formula is C15H32N2S. The Labute approximate surface area is 118 Å². The Bertz CT molecular complexity index is 211. The van der Waals surface area contributed by atoms with Crippen LogP contribution in [-0.4, -0.2) is 49.1 Å². The van der Waals surface area contributed by atoms with E-state index in [1.165, 1.54) is 44.4 Å². The zero-order chi connectivity index (χ0) is 13.4. The summed E-state index contributed by atoms with van der Waals surface area (Å²) >= 11 is 1.96. The number of hydrogen-bond acceptors (Lipinski definition) is 3. The van der Waals surface area contributed by atoms with Crippen molar-refractivity contribution in [1.29, 1.82) is 0 Å². The first-order chi connectivity index (χ1) is 8.69. The molecule has 1 N–H and O–H groups in total. The second-order valence-corrected chi connectivity index (χ2v) is 6.72. The van der Waals surface area contributed by atoms with E-state index in [0.29, 0.717) is 6.04 Å². The summed E-state index contributed by atoms with van der Waals surface area (Å²) in [6.45, 7) is 6.97. The fraction of sp³-hybridized carbons (Fsp3) is 1.00. The summed E-state index contributed by atoms with van der Waals surface area (Å²) in [6, 6.07) is 1.45. The van der Waals surface area contributed by atoms with Gasteiger partial charge in [-0.1, -0.05) is 26.2 Å². The summed E-state index contributed by atoms with van der Waals surface area (Å²) in [7, 11) is 2.30. The summed E-state index contributed by atoms with van der Waals surface area (Å²) in [5, 5.41) is 3.72. The van der Waals surface area contributed by atoms with E-state index in [-0.39, 0.29) is 0 Å². The maximum absolute atomic E-state index is 3.72. The predicted octanol–water partition coefficient (Wildman–Crippen LogP) is 3.23.